The molecular formula is C16H21O2. The van der Waals surface area contributed by atoms with Gasteiger partial charge in [0, 0.05) is 0 Å². The summed E-state index contributed by atoms with van der Waals surface area (Å²) in [5.41, 5.74) is 1.37. The van der Waals surface area contributed by atoms with Crippen molar-refractivity contribution in [3.8, 4) is 11.5 Å². The first kappa shape index (κ1) is 11.9. The third-order valence-electron chi connectivity index (χ3n) is 3.95. The van der Waals surface area contributed by atoms with Gasteiger partial charge in [-0.25, -0.2) is 0 Å². The molecule has 0 bridgehead atoms. The summed E-state index contributed by atoms with van der Waals surface area (Å²) >= 11 is 0. The van der Waals surface area contributed by atoms with Crippen LogP contribution in [0.25, 0.3) is 0 Å². The van der Waals surface area contributed by atoms with Gasteiger partial charge < -0.3 is 9.47 Å². The van der Waals surface area contributed by atoms with E-state index in [1.807, 2.05) is 6.07 Å². The number of hydrogen-bond acceptors (Lipinski definition) is 2. The second-order valence-electron chi connectivity index (χ2n) is 5.38. The van der Waals surface area contributed by atoms with E-state index in [1.165, 1.54) is 50.5 Å². The number of ether oxygens (including phenoxy) is 2. The molecule has 1 aromatic carbocycles. The zero-order valence-corrected chi connectivity index (χ0v) is 10.9. The summed E-state index contributed by atoms with van der Waals surface area (Å²) < 4.78 is 10.8. The van der Waals surface area contributed by atoms with Gasteiger partial charge in [-0.3, -0.25) is 0 Å². The van der Waals surface area contributed by atoms with Crippen LogP contribution in [0, 0.1) is 5.92 Å². The van der Waals surface area contributed by atoms with Gasteiger partial charge in [-0.2, -0.15) is 0 Å². The Morgan fingerprint density at radius 1 is 0.833 bits per heavy atom. The number of benzene rings is 1. The van der Waals surface area contributed by atoms with Crippen molar-refractivity contribution < 1.29 is 9.47 Å². The quantitative estimate of drug-likeness (QED) is 0.774. The summed E-state index contributed by atoms with van der Waals surface area (Å²) in [6, 6.07) is 6.37. The van der Waals surface area contributed by atoms with Gasteiger partial charge >= 0.3 is 0 Å². The molecule has 1 saturated carbocycles. The Balaban J connectivity index is 1.64. The monoisotopic (exact) mass is 245 g/mol. The van der Waals surface area contributed by atoms with Crippen molar-refractivity contribution in [2.45, 2.75) is 51.4 Å². The van der Waals surface area contributed by atoms with E-state index in [0.717, 1.165) is 17.9 Å². The van der Waals surface area contributed by atoms with Crippen LogP contribution in [-0.2, 0) is 6.42 Å². The summed E-state index contributed by atoms with van der Waals surface area (Å²) in [7, 11) is 0. The van der Waals surface area contributed by atoms with Crippen molar-refractivity contribution >= 4 is 0 Å². The lowest BCUT2D eigenvalue weighted by atomic mass is 9.86. The summed E-state index contributed by atoms with van der Waals surface area (Å²) in [6.07, 6.45) is 10.7. The fourth-order valence-electron chi connectivity index (χ4n) is 2.92. The second kappa shape index (κ2) is 5.64. The lowest BCUT2D eigenvalue weighted by Gasteiger charge is -2.19. The Hall–Kier alpha value is -1.18. The zero-order valence-electron chi connectivity index (χ0n) is 10.9. The summed E-state index contributed by atoms with van der Waals surface area (Å²) in [5, 5.41) is 0. The average Bonchev–Trinajstić information content (AvgIpc) is 2.79. The van der Waals surface area contributed by atoms with Crippen molar-refractivity contribution in [1.82, 2.24) is 0 Å². The second-order valence-corrected chi connectivity index (χ2v) is 5.38. The predicted octanol–water partition coefficient (Wildman–Crippen LogP) is 4.28. The van der Waals surface area contributed by atoms with E-state index in [9.17, 15) is 0 Å². The Morgan fingerprint density at radius 3 is 2.39 bits per heavy atom. The maximum absolute atomic E-state index is 5.44. The van der Waals surface area contributed by atoms with Gasteiger partial charge in [0.15, 0.2) is 11.5 Å². The van der Waals surface area contributed by atoms with Crippen LogP contribution in [0.5, 0.6) is 11.5 Å². The maximum Gasteiger partial charge on any atom is 0.231 e. The lowest BCUT2D eigenvalue weighted by molar-refractivity contribution is 0.174. The van der Waals surface area contributed by atoms with Crippen LogP contribution in [0.3, 0.4) is 0 Å². The van der Waals surface area contributed by atoms with Gasteiger partial charge in [-0.15, -0.1) is 0 Å². The minimum Gasteiger partial charge on any atom is -0.454 e. The first-order valence-electron chi connectivity index (χ1n) is 7.14. The van der Waals surface area contributed by atoms with Crippen molar-refractivity contribution in [3.63, 3.8) is 0 Å². The molecule has 0 saturated heterocycles. The van der Waals surface area contributed by atoms with Crippen LogP contribution in [0.2, 0.25) is 0 Å². The Labute approximate surface area is 109 Å². The fraction of sp³-hybridized carbons (Fsp3) is 0.562. The normalized spacial score (nSPS) is 20.4. The lowest BCUT2D eigenvalue weighted by Crippen LogP contribution is -2.05. The predicted molar refractivity (Wildman–Crippen MR) is 71.8 cm³/mol. The van der Waals surface area contributed by atoms with E-state index < -0.39 is 0 Å². The van der Waals surface area contributed by atoms with Gasteiger partial charge in [0.1, 0.15) is 0 Å². The summed E-state index contributed by atoms with van der Waals surface area (Å²) in [4.78, 5) is 0. The van der Waals surface area contributed by atoms with Crippen molar-refractivity contribution in [3.05, 3.63) is 29.7 Å². The van der Waals surface area contributed by atoms with E-state index in [0.29, 0.717) is 6.79 Å². The first-order valence-corrected chi connectivity index (χ1v) is 7.14. The highest BCUT2D eigenvalue weighted by molar-refractivity contribution is 5.45. The molecule has 1 fully saturated rings. The molecule has 0 N–H and O–H groups in total. The zero-order chi connectivity index (χ0) is 12.2. The van der Waals surface area contributed by atoms with Gasteiger partial charge in [-0.1, -0.05) is 38.2 Å². The molecule has 2 nitrogen and oxygen atoms in total. The summed E-state index contributed by atoms with van der Waals surface area (Å²) in [6.45, 7) is 0.370. The summed E-state index contributed by atoms with van der Waals surface area (Å²) in [5.74, 6) is 3.52. The molecule has 0 amide bonds. The smallest absolute Gasteiger partial charge is 0.231 e. The van der Waals surface area contributed by atoms with E-state index in [4.69, 9.17) is 9.47 Å². The van der Waals surface area contributed by atoms with Gasteiger partial charge in [0.05, 0.1) is 0 Å². The van der Waals surface area contributed by atoms with Crippen molar-refractivity contribution in [2.24, 2.45) is 0 Å². The van der Waals surface area contributed by atoms with E-state index in [2.05, 4.69) is 12.1 Å². The van der Waals surface area contributed by atoms with Crippen molar-refractivity contribution in [1.29, 1.82) is 0 Å². The molecule has 0 aromatic heterocycles. The number of rotatable bonds is 2. The molecule has 2 aliphatic rings. The third kappa shape index (κ3) is 2.80. The minimum absolute atomic E-state index is 0.370. The van der Waals surface area contributed by atoms with Crippen LogP contribution < -0.4 is 9.47 Å². The number of fused-ring (bicyclic) bond motifs is 1. The van der Waals surface area contributed by atoms with Crippen LogP contribution in [0.4, 0.5) is 0 Å². The molecule has 3 rings (SSSR count). The largest absolute Gasteiger partial charge is 0.454 e. The SMILES string of the molecule is c1cc2c(cc1C[C]1CCCCCCC1)OCO2. The standard InChI is InChI=1S/C16H21O2/c1-2-4-6-13(7-5-3-1)10-14-8-9-15-16(11-14)18-12-17-15/h8-9,11H,1-7,10,12H2. The average molecular weight is 245 g/mol. The molecule has 0 spiro atoms. The molecule has 0 unspecified atom stereocenters. The molecule has 1 radical (unpaired) electrons. The molecule has 1 aromatic rings. The van der Waals surface area contributed by atoms with E-state index in [-0.39, 0.29) is 0 Å². The van der Waals surface area contributed by atoms with Gasteiger partial charge in [0.25, 0.3) is 0 Å². The minimum atomic E-state index is 0.370. The van der Waals surface area contributed by atoms with Crippen LogP contribution >= 0.6 is 0 Å². The van der Waals surface area contributed by atoms with Gasteiger partial charge in [-0.05, 0) is 42.9 Å². The Bertz CT molecular complexity index is 392. The molecule has 18 heavy (non-hydrogen) atoms. The Morgan fingerprint density at radius 2 is 1.56 bits per heavy atom. The molecule has 1 aliphatic heterocycles. The maximum atomic E-state index is 5.44. The molecule has 2 heteroatoms. The third-order valence-corrected chi connectivity index (χ3v) is 3.95. The molecule has 1 heterocycles. The Kier molecular flexibility index (Phi) is 3.72. The molecule has 97 valence electrons. The van der Waals surface area contributed by atoms with Crippen molar-refractivity contribution in [2.75, 3.05) is 6.79 Å². The highest BCUT2D eigenvalue weighted by Crippen LogP contribution is 2.34. The van der Waals surface area contributed by atoms with E-state index >= 15 is 0 Å². The highest BCUT2D eigenvalue weighted by Gasteiger charge is 2.16. The highest BCUT2D eigenvalue weighted by atomic mass is 16.7. The van der Waals surface area contributed by atoms with Gasteiger partial charge in [0.2, 0.25) is 6.79 Å². The van der Waals surface area contributed by atoms with E-state index in [1.54, 1.807) is 5.92 Å². The van der Waals surface area contributed by atoms with Crippen LogP contribution in [0.15, 0.2) is 18.2 Å². The van der Waals surface area contributed by atoms with Crippen LogP contribution in [0.1, 0.15) is 50.5 Å². The molecule has 0 atom stereocenters. The molecule has 1 aliphatic carbocycles. The first-order chi connectivity index (χ1) is 8.92. The number of hydrogen-bond donors (Lipinski definition) is 0. The van der Waals surface area contributed by atoms with Crippen LogP contribution in [-0.4, -0.2) is 6.79 Å². The topological polar surface area (TPSA) is 18.5 Å². The fourth-order valence-corrected chi connectivity index (χ4v) is 2.92. The molecular weight excluding hydrogens is 224 g/mol.